The molecule has 0 fully saturated rings. The fraction of sp³-hybridized carbons (Fsp3) is 0.235. The number of hydrogen-bond donors (Lipinski definition) is 0. The summed E-state index contributed by atoms with van der Waals surface area (Å²) in [5.41, 5.74) is 2.07. The second kappa shape index (κ2) is 7.03. The SMILES string of the molecule is Cc1ccc(N(CCC#N)S(=O)(=O)c2cccc(Cl)c2C)cc1. The zero-order valence-corrected chi connectivity index (χ0v) is 14.5. The molecular formula is C17H17ClN2O2S. The highest BCUT2D eigenvalue weighted by molar-refractivity contribution is 7.92. The predicted octanol–water partition coefficient (Wildman–Crippen LogP) is 4.07. The Morgan fingerprint density at radius 1 is 1.13 bits per heavy atom. The average Bonchev–Trinajstić information content (AvgIpc) is 2.51. The van der Waals surface area contributed by atoms with Gasteiger partial charge in [-0.1, -0.05) is 35.4 Å². The third-order valence-electron chi connectivity index (χ3n) is 3.53. The minimum Gasteiger partial charge on any atom is -0.265 e. The Morgan fingerprint density at radius 3 is 2.39 bits per heavy atom. The molecule has 0 aromatic heterocycles. The van der Waals surface area contributed by atoms with Gasteiger partial charge in [-0.25, -0.2) is 8.42 Å². The highest BCUT2D eigenvalue weighted by Gasteiger charge is 2.26. The molecule has 2 aromatic rings. The van der Waals surface area contributed by atoms with Crippen LogP contribution in [-0.2, 0) is 10.0 Å². The Morgan fingerprint density at radius 2 is 1.78 bits per heavy atom. The molecule has 23 heavy (non-hydrogen) atoms. The molecule has 0 aliphatic heterocycles. The van der Waals surface area contributed by atoms with Gasteiger partial charge in [0.25, 0.3) is 10.0 Å². The third-order valence-corrected chi connectivity index (χ3v) is 5.92. The van der Waals surface area contributed by atoms with Gasteiger partial charge in [0.15, 0.2) is 0 Å². The minimum atomic E-state index is -3.79. The molecule has 2 rings (SSSR count). The van der Waals surface area contributed by atoms with Crippen LogP contribution in [0.15, 0.2) is 47.4 Å². The van der Waals surface area contributed by atoms with Crippen molar-refractivity contribution in [2.24, 2.45) is 0 Å². The van der Waals surface area contributed by atoms with Crippen molar-refractivity contribution in [2.45, 2.75) is 25.2 Å². The lowest BCUT2D eigenvalue weighted by Gasteiger charge is -2.24. The van der Waals surface area contributed by atoms with Gasteiger partial charge in [0.1, 0.15) is 0 Å². The number of aryl methyl sites for hydroxylation is 1. The summed E-state index contributed by atoms with van der Waals surface area (Å²) < 4.78 is 27.4. The molecule has 0 radical (unpaired) electrons. The lowest BCUT2D eigenvalue weighted by molar-refractivity contribution is 0.590. The van der Waals surface area contributed by atoms with E-state index in [1.165, 1.54) is 10.4 Å². The summed E-state index contributed by atoms with van der Waals surface area (Å²) in [5.74, 6) is 0. The molecule has 0 N–H and O–H groups in total. The number of halogens is 1. The van der Waals surface area contributed by atoms with Gasteiger partial charge in [0, 0.05) is 11.6 Å². The van der Waals surface area contributed by atoms with E-state index in [1.807, 2.05) is 25.1 Å². The fourth-order valence-corrected chi connectivity index (χ4v) is 4.18. The van der Waals surface area contributed by atoms with Crippen molar-refractivity contribution in [3.05, 3.63) is 58.6 Å². The first-order chi connectivity index (χ1) is 10.9. The molecule has 6 heteroatoms. The van der Waals surface area contributed by atoms with E-state index in [1.54, 1.807) is 31.2 Å². The van der Waals surface area contributed by atoms with Gasteiger partial charge >= 0.3 is 0 Å². The van der Waals surface area contributed by atoms with Gasteiger partial charge in [0.05, 0.1) is 23.1 Å². The molecule has 0 saturated heterocycles. The van der Waals surface area contributed by atoms with Crippen molar-refractivity contribution < 1.29 is 8.42 Å². The van der Waals surface area contributed by atoms with Gasteiger partial charge in [-0.3, -0.25) is 4.31 Å². The van der Waals surface area contributed by atoms with Crippen LogP contribution in [0.5, 0.6) is 0 Å². The number of benzene rings is 2. The highest BCUT2D eigenvalue weighted by Crippen LogP contribution is 2.29. The van der Waals surface area contributed by atoms with Crippen molar-refractivity contribution in [3.8, 4) is 6.07 Å². The summed E-state index contributed by atoms with van der Waals surface area (Å²) in [5, 5.41) is 9.25. The van der Waals surface area contributed by atoms with E-state index in [4.69, 9.17) is 16.9 Å². The molecule has 2 aromatic carbocycles. The molecule has 0 aliphatic carbocycles. The van der Waals surface area contributed by atoms with Crippen LogP contribution in [-0.4, -0.2) is 15.0 Å². The molecule has 0 aliphatic rings. The molecule has 0 amide bonds. The van der Waals surface area contributed by atoms with E-state index >= 15 is 0 Å². The largest absolute Gasteiger partial charge is 0.265 e. The lowest BCUT2D eigenvalue weighted by Crippen LogP contribution is -2.32. The van der Waals surface area contributed by atoms with Crippen molar-refractivity contribution in [2.75, 3.05) is 10.8 Å². The van der Waals surface area contributed by atoms with E-state index in [0.29, 0.717) is 16.3 Å². The zero-order chi connectivity index (χ0) is 17.0. The second-order valence-corrected chi connectivity index (χ2v) is 7.42. The summed E-state index contributed by atoms with van der Waals surface area (Å²) in [6, 6.07) is 14.0. The van der Waals surface area contributed by atoms with Crippen molar-refractivity contribution >= 4 is 27.3 Å². The van der Waals surface area contributed by atoms with Gasteiger partial charge in [-0.05, 0) is 43.7 Å². The minimum absolute atomic E-state index is 0.0911. The molecule has 0 atom stereocenters. The number of anilines is 1. The molecule has 120 valence electrons. The molecule has 0 unspecified atom stereocenters. The summed E-state index contributed by atoms with van der Waals surface area (Å²) >= 11 is 6.06. The van der Waals surface area contributed by atoms with E-state index < -0.39 is 10.0 Å². The Labute approximate surface area is 142 Å². The first kappa shape index (κ1) is 17.3. The second-order valence-electron chi connectivity index (χ2n) is 5.18. The summed E-state index contributed by atoms with van der Waals surface area (Å²) in [7, 11) is -3.79. The number of sulfonamides is 1. The number of rotatable bonds is 5. The standard InChI is InChI=1S/C17H17ClN2O2S/c1-13-7-9-15(10-8-13)20(12-4-11-19)23(21,22)17-6-3-5-16(18)14(17)2/h3,5-10H,4,12H2,1-2H3. The summed E-state index contributed by atoms with van der Waals surface area (Å²) in [6.45, 7) is 3.69. The van der Waals surface area contributed by atoms with Gasteiger partial charge < -0.3 is 0 Å². The first-order valence-electron chi connectivity index (χ1n) is 7.09. The fourth-order valence-electron chi connectivity index (χ4n) is 2.24. The van der Waals surface area contributed by atoms with Crippen molar-refractivity contribution in [3.63, 3.8) is 0 Å². The molecule has 4 nitrogen and oxygen atoms in total. The van der Waals surface area contributed by atoms with Crippen molar-refractivity contribution in [1.82, 2.24) is 0 Å². The number of hydrogen-bond acceptors (Lipinski definition) is 3. The van der Waals surface area contributed by atoms with E-state index in [0.717, 1.165) is 5.56 Å². The molecule has 0 spiro atoms. The molecule has 0 heterocycles. The number of nitrogens with zero attached hydrogens (tertiary/aromatic N) is 2. The Balaban J connectivity index is 2.55. The molecular weight excluding hydrogens is 332 g/mol. The van der Waals surface area contributed by atoms with Crippen LogP contribution in [0.2, 0.25) is 5.02 Å². The normalized spacial score (nSPS) is 11.0. The maximum Gasteiger partial charge on any atom is 0.264 e. The maximum atomic E-state index is 13.1. The highest BCUT2D eigenvalue weighted by atomic mass is 35.5. The van der Waals surface area contributed by atoms with Crippen molar-refractivity contribution in [1.29, 1.82) is 5.26 Å². The summed E-state index contributed by atoms with van der Waals surface area (Å²) in [4.78, 5) is 0.156. The Kier molecular flexibility index (Phi) is 5.30. The predicted molar refractivity (Wildman–Crippen MR) is 92.1 cm³/mol. The quantitative estimate of drug-likeness (QED) is 0.818. The van der Waals surface area contributed by atoms with E-state index in [2.05, 4.69) is 0 Å². The number of nitriles is 1. The molecule has 0 bridgehead atoms. The van der Waals surface area contributed by atoms with Gasteiger partial charge in [-0.2, -0.15) is 5.26 Å². The monoisotopic (exact) mass is 348 g/mol. The Bertz CT molecular complexity index is 840. The van der Waals surface area contributed by atoms with E-state index in [9.17, 15) is 8.42 Å². The average molecular weight is 349 g/mol. The van der Waals surface area contributed by atoms with Crippen LogP contribution < -0.4 is 4.31 Å². The van der Waals surface area contributed by atoms with Crippen LogP contribution in [0.1, 0.15) is 17.5 Å². The van der Waals surface area contributed by atoms with Gasteiger partial charge in [0.2, 0.25) is 0 Å². The summed E-state index contributed by atoms with van der Waals surface area (Å²) in [6.07, 6.45) is 0.104. The third kappa shape index (κ3) is 3.66. The Hall–Kier alpha value is -2.03. The van der Waals surface area contributed by atoms with E-state index in [-0.39, 0.29) is 17.9 Å². The topological polar surface area (TPSA) is 61.2 Å². The van der Waals surface area contributed by atoms with Crippen LogP contribution in [0.3, 0.4) is 0 Å². The maximum absolute atomic E-state index is 13.1. The molecule has 0 saturated carbocycles. The van der Waals surface area contributed by atoms with Crippen LogP contribution in [0, 0.1) is 25.2 Å². The van der Waals surface area contributed by atoms with Crippen LogP contribution in [0.25, 0.3) is 0 Å². The van der Waals surface area contributed by atoms with Crippen LogP contribution >= 0.6 is 11.6 Å². The lowest BCUT2D eigenvalue weighted by atomic mass is 10.2. The first-order valence-corrected chi connectivity index (χ1v) is 8.91. The van der Waals surface area contributed by atoms with Crippen LogP contribution in [0.4, 0.5) is 5.69 Å². The van der Waals surface area contributed by atoms with Gasteiger partial charge in [-0.15, -0.1) is 0 Å². The smallest absolute Gasteiger partial charge is 0.264 e. The zero-order valence-electron chi connectivity index (χ0n) is 13.0.